The number of thiocarbonyl (C=S) groups is 1. The van der Waals surface area contributed by atoms with E-state index in [9.17, 15) is 0 Å². The van der Waals surface area contributed by atoms with Crippen molar-refractivity contribution in [2.45, 2.75) is 13.8 Å². The van der Waals surface area contributed by atoms with Crippen molar-refractivity contribution < 1.29 is 0 Å². The van der Waals surface area contributed by atoms with Crippen molar-refractivity contribution in [3.8, 4) is 0 Å². The Labute approximate surface area is 113 Å². The molecule has 0 saturated heterocycles. The average Bonchev–Trinajstić information content (AvgIpc) is 2.34. The second-order valence-electron chi connectivity index (χ2n) is 4.34. The third-order valence-corrected chi connectivity index (χ3v) is 3.29. The summed E-state index contributed by atoms with van der Waals surface area (Å²) in [5.74, 6) is 0. The van der Waals surface area contributed by atoms with E-state index in [0.717, 1.165) is 11.3 Å². The molecule has 92 valence electrons. The highest BCUT2D eigenvalue weighted by Gasteiger charge is 2.05. The topological polar surface area (TPSA) is 38.0 Å². The highest BCUT2D eigenvalue weighted by molar-refractivity contribution is 7.81. The van der Waals surface area contributed by atoms with Crippen LogP contribution in [0.25, 0.3) is 0 Å². The molecule has 0 heterocycles. The molecule has 0 amide bonds. The van der Waals surface area contributed by atoms with Crippen molar-refractivity contribution >= 4 is 28.6 Å². The van der Waals surface area contributed by atoms with Gasteiger partial charge in [-0.15, -0.1) is 0 Å². The number of nitrogens with one attached hydrogen (secondary N) is 1. The van der Waals surface area contributed by atoms with Crippen LogP contribution in [-0.4, -0.2) is 4.99 Å². The zero-order valence-corrected chi connectivity index (χ0v) is 11.3. The maximum absolute atomic E-state index is 5.90. The number of hydrogen-bond donors (Lipinski definition) is 2. The number of hydrogen-bond acceptors (Lipinski definition) is 2. The molecule has 2 rings (SSSR count). The van der Waals surface area contributed by atoms with E-state index in [-0.39, 0.29) is 0 Å². The Kier molecular flexibility index (Phi) is 3.63. The van der Waals surface area contributed by atoms with Gasteiger partial charge >= 0.3 is 0 Å². The summed E-state index contributed by atoms with van der Waals surface area (Å²) in [6.07, 6.45) is 0. The number of anilines is 2. The number of benzene rings is 2. The van der Waals surface area contributed by atoms with E-state index in [0.29, 0.717) is 10.7 Å². The van der Waals surface area contributed by atoms with Crippen molar-refractivity contribution in [1.29, 1.82) is 0 Å². The summed E-state index contributed by atoms with van der Waals surface area (Å²) in [5, 5.41) is 3.22. The molecule has 0 aromatic heterocycles. The standard InChI is InChI=1S/C15H16N2S/c1-10-7-8-12(9-11(10)2)17-15(18)13-5-3-4-6-14(13)16/h3-9H,16H2,1-2H3,(H,17,18). The lowest BCUT2D eigenvalue weighted by atomic mass is 10.1. The Balaban J connectivity index is 2.22. The summed E-state index contributed by atoms with van der Waals surface area (Å²) in [6.45, 7) is 4.17. The summed E-state index contributed by atoms with van der Waals surface area (Å²) < 4.78 is 0. The SMILES string of the molecule is Cc1ccc(NC(=S)c2ccccc2N)cc1C. The van der Waals surface area contributed by atoms with E-state index in [1.807, 2.05) is 30.3 Å². The summed E-state index contributed by atoms with van der Waals surface area (Å²) in [6, 6.07) is 13.8. The molecular formula is C15H16N2S. The predicted octanol–water partition coefficient (Wildman–Crippen LogP) is 3.67. The highest BCUT2D eigenvalue weighted by Crippen LogP contribution is 2.17. The molecule has 0 spiro atoms. The minimum atomic E-state index is 0.649. The van der Waals surface area contributed by atoms with E-state index in [1.165, 1.54) is 11.1 Å². The molecule has 3 N–H and O–H groups in total. The molecule has 0 fully saturated rings. The van der Waals surface area contributed by atoms with Crippen LogP contribution in [0, 0.1) is 13.8 Å². The van der Waals surface area contributed by atoms with E-state index in [4.69, 9.17) is 18.0 Å². The van der Waals surface area contributed by atoms with Crippen LogP contribution in [0.5, 0.6) is 0 Å². The Hall–Kier alpha value is -1.87. The Bertz CT molecular complexity index is 591. The Morgan fingerprint density at radius 1 is 1.06 bits per heavy atom. The average molecular weight is 256 g/mol. The van der Waals surface area contributed by atoms with Crippen LogP contribution in [0.3, 0.4) is 0 Å². The fourth-order valence-corrected chi connectivity index (χ4v) is 2.03. The Morgan fingerprint density at radius 3 is 2.44 bits per heavy atom. The van der Waals surface area contributed by atoms with Crippen molar-refractivity contribution in [3.63, 3.8) is 0 Å². The van der Waals surface area contributed by atoms with Crippen LogP contribution in [0.4, 0.5) is 11.4 Å². The van der Waals surface area contributed by atoms with Crippen molar-refractivity contribution in [1.82, 2.24) is 0 Å². The zero-order chi connectivity index (χ0) is 13.1. The number of aryl methyl sites for hydroxylation is 2. The van der Waals surface area contributed by atoms with Gasteiger partial charge in [0.25, 0.3) is 0 Å². The third kappa shape index (κ3) is 2.68. The second-order valence-corrected chi connectivity index (χ2v) is 4.75. The predicted molar refractivity (Wildman–Crippen MR) is 82.1 cm³/mol. The van der Waals surface area contributed by atoms with E-state index in [2.05, 4.69) is 31.3 Å². The minimum Gasteiger partial charge on any atom is -0.398 e. The molecular weight excluding hydrogens is 240 g/mol. The van der Waals surface area contributed by atoms with Crippen molar-refractivity contribution in [2.24, 2.45) is 0 Å². The van der Waals surface area contributed by atoms with E-state index >= 15 is 0 Å². The molecule has 0 unspecified atom stereocenters. The molecule has 0 bridgehead atoms. The number of nitrogens with two attached hydrogens (primary N) is 1. The lowest BCUT2D eigenvalue weighted by Gasteiger charge is -2.11. The normalized spacial score (nSPS) is 10.1. The van der Waals surface area contributed by atoms with Crippen LogP contribution in [0.15, 0.2) is 42.5 Å². The van der Waals surface area contributed by atoms with Crippen molar-refractivity contribution in [3.05, 3.63) is 59.2 Å². The smallest absolute Gasteiger partial charge is 0.113 e. The molecule has 18 heavy (non-hydrogen) atoms. The molecule has 0 atom stereocenters. The fourth-order valence-electron chi connectivity index (χ4n) is 1.72. The largest absolute Gasteiger partial charge is 0.398 e. The highest BCUT2D eigenvalue weighted by atomic mass is 32.1. The molecule has 0 aliphatic carbocycles. The second kappa shape index (κ2) is 5.19. The molecule has 2 aromatic carbocycles. The first-order chi connectivity index (χ1) is 8.58. The molecule has 0 radical (unpaired) electrons. The first kappa shape index (κ1) is 12.6. The molecule has 0 aliphatic rings. The maximum atomic E-state index is 5.90. The van der Waals surface area contributed by atoms with Gasteiger partial charge in [-0.1, -0.05) is 30.4 Å². The van der Waals surface area contributed by atoms with E-state index in [1.54, 1.807) is 0 Å². The summed E-state index contributed by atoms with van der Waals surface area (Å²) >= 11 is 5.38. The third-order valence-electron chi connectivity index (χ3n) is 2.97. The van der Waals surface area contributed by atoms with Crippen LogP contribution in [0.2, 0.25) is 0 Å². The molecule has 0 aliphatic heterocycles. The van der Waals surface area contributed by atoms with Crippen LogP contribution in [-0.2, 0) is 0 Å². The molecule has 3 heteroatoms. The minimum absolute atomic E-state index is 0.649. The van der Waals surface area contributed by atoms with E-state index < -0.39 is 0 Å². The lowest BCUT2D eigenvalue weighted by Crippen LogP contribution is -2.12. The van der Waals surface area contributed by atoms with Gasteiger partial charge in [0.1, 0.15) is 4.99 Å². The van der Waals surface area contributed by atoms with Gasteiger partial charge in [0.15, 0.2) is 0 Å². The number of rotatable bonds is 2. The van der Waals surface area contributed by atoms with Crippen LogP contribution < -0.4 is 11.1 Å². The van der Waals surface area contributed by atoms with Gasteiger partial charge in [0.2, 0.25) is 0 Å². The van der Waals surface area contributed by atoms with Crippen LogP contribution >= 0.6 is 12.2 Å². The van der Waals surface area contributed by atoms with Crippen LogP contribution in [0.1, 0.15) is 16.7 Å². The first-order valence-electron chi connectivity index (χ1n) is 5.81. The van der Waals surface area contributed by atoms with Gasteiger partial charge in [0.05, 0.1) is 0 Å². The van der Waals surface area contributed by atoms with Gasteiger partial charge in [-0.25, -0.2) is 0 Å². The van der Waals surface area contributed by atoms with Gasteiger partial charge in [0, 0.05) is 16.9 Å². The number of nitrogen functional groups attached to an aromatic ring is 1. The van der Waals surface area contributed by atoms with Crippen molar-refractivity contribution in [2.75, 3.05) is 11.1 Å². The summed E-state index contributed by atoms with van der Waals surface area (Å²) in [4.78, 5) is 0.649. The summed E-state index contributed by atoms with van der Waals surface area (Å²) in [7, 11) is 0. The zero-order valence-electron chi connectivity index (χ0n) is 10.5. The van der Waals surface area contributed by atoms with Gasteiger partial charge in [-0.05, 0) is 49.2 Å². The quantitative estimate of drug-likeness (QED) is 0.636. The Morgan fingerprint density at radius 2 is 1.78 bits per heavy atom. The summed E-state index contributed by atoms with van der Waals surface area (Å²) in [5.41, 5.74) is 11.0. The maximum Gasteiger partial charge on any atom is 0.113 e. The molecule has 2 nitrogen and oxygen atoms in total. The van der Waals surface area contributed by atoms with Gasteiger partial charge in [-0.3, -0.25) is 0 Å². The fraction of sp³-hybridized carbons (Fsp3) is 0.133. The first-order valence-corrected chi connectivity index (χ1v) is 6.22. The molecule has 2 aromatic rings. The van der Waals surface area contributed by atoms with Gasteiger partial charge < -0.3 is 11.1 Å². The monoisotopic (exact) mass is 256 g/mol. The molecule has 0 saturated carbocycles. The number of para-hydroxylation sites is 1. The lowest BCUT2D eigenvalue weighted by molar-refractivity contribution is 1.34. The van der Waals surface area contributed by atoms with Gasteiger partial charge in [-0.2, -0.15) is 0 Å².